The summed E-state index contributed by atoms with van der Waals surface area (Å²) in [6.07, 6.45) is 1.05. The third-order valence-electron chi connectivity index (χ3n) is 4.28. The van der Waals surface area contributed by atoms with Crippen molar-refractivity contribution in [1.82, 2.24) is 10.2 Å². The monoisotopic (exact) mass is 388 g/mol. The number of nitrogens with one attached hydrogen (secondary N) is 1. The molecule has 1 N–H and O–H groups in total. The molecule has 7 heteroatoms. The Morgan fingerprint density at radius 2 is 2.04 bits per heavy atom. The topological polar surface area (TPSA) is 50.8 Å². The van der Waals surface area contributed by atoms with Crippen LogP contribution < -0.4 is 10.1 Å². The fraction of sp³-hybridized carbons (Fsp3) is 0.611. The van der Waals surface area contributed by atoms with Crippen LogP contribution in [0.2, 0.25) is 10.0 Å². The van der Waals surface area contributed by atoms with Crippen molar-refractivity contribution in [2.24, 2.45) is 0 Å². The molecule has 1 saturated heterocycles. The Morgan fingerprint density at radius 1 is 1.32 bits per heavy atom. The van der Waals surface area contributed by atoms with Crippen molar-refractivity contribution in [3.63, 3.8) is 0 Å². The molecule has 1 aliphatic rings. The molecule has 0 bridgehead atoms. The highest BCUT2D eigenvalue weighted by atomic mass is 35.5. The summed E-state index contributed by atoms with van der Waals surface area (Å²) >= 11 is 11.9. The third kappa shape index (κ3) is 6.66. The third-order valence-corrected chi connectivity index (χ3v) is 4.82. The molecule has 5 nitrogen and oxygen atoms in total. The first kappa shape index (κ1) is 20.3. The van der Waals surface area contributed by atoms with Crippen molar-refractivity contribution in [3.05, 3.63) is 28.2 Å². The van der Waals surface area contributed by atoms with Crippen LogP contribution in [-0.2, 0) is 9.53 Å². The van der Waals surface area contributed by atoms with E-state index in [1.54, 1.807) is 18.2 Å². The van der Waals surface area contributed by atoms with Crippen LogP contribution in [0.25, 0.3) is 0 Å². The van der Waals surface area contributed by atoms with Crippen molar-refractivity contribution >= 4 is 29.1 Å². The molecule has 2 rings (SSSR count). The summed E-state index contributed by atoms with van der Waals surface area (Å²) in [5, 5.41) is 4.06. The van der Waals surface area contributed by atoms with Crippen LogP contribution in [0.15, 0.2) is 18.2 Å². The van der Waals surface area contributed by atoms with Crippen molar-refractivity contribution in [2.75, 3.05) is 39.5 Å². The zero-order valence-electron chi connectivity index (χ0n) is 14.8. The summed E-state index contributed by atoms with van der Waals surface area (Å²) in [4.78, 5) is 14.4. The molecular formula is C18H26Cl2N2O3. The van der Waals surface area contributed by atoms with Crippen LogP contribution in [-0.4, -0.2) is 55.8 Å². The fourth-order valence-electron chi connectivity index (χ4n) is 2.69. The molecule has 1 aliphatic heterocycles. The second-order valence-electron chi connectivity index (χ2n) is 6.72. The molecule has 0 aromatic heterocycles. The summed E-state index contributed by atoms with van der Waals surface area (Å²) in [6.45, 7) is 8.65. The number of halogens is 2. The van der Waals surface area contributed by atoms with E-state index in [0.717, 1.165) is 26.3 Å². The van der Waals surface area contributed by atoms with E-state index < -0.39 is 0 Å². The Kier molecular flexibility index (Phi) is 7.81. The quantitative estimate of drug-likeness (QED) is 0.693. The minimum Gasteiger partial charge on any atom is -0.492 e. The Morgan fingerprint density at radius 3 is 2.72 bits per heavy atom. The molecule has 1 aromatic rings. The number of hydrogen-bond acceptors (Lipinski definition) is 4. The fourth-order valence-corrected chi connectivity index (χ4v) is 3.15. The first-order valence-corrected chi connectivity index (χ1v) is 9.31. The van der Waals surface area contributed by atoms with Crippen LogP contribution in [0.4, 0.5) is 0 Å². The van der Waals surface area contributed by atoms with E-state index in [9.17, 15) is 4.79 Å². The van der Waals surface area contributed by atoms with Gasteiger partial charge in [0.05, 0.1) is 24.8 Å². The normalized spacial score (nSPS) is 15.8. The predicted octanol–water partition coefficient (Wildman–Crippen LogP) is 3.38. The van der Waals surface area contributed by atoms with Crippen molar-refractivity contribution in [3.8, 4) is 5.75 Å². The molecule has 1 amide bonds. The highest BCUT2D eigenvalue weighted by molar-refractivity contribution is 6.35. The van der Waals surface area contributed by atoms with Crippen LogP contribution in [0, 0.1) is 0 Å². The van der Waals surface area contributed by atoms with Gasteiger partial charge in [0.25, 0.3) is 0 Å². The first-order chi connectivity index (χ1) is 11.9. The second kappa shape index (κ2) is 9.62. The summed E-state index contributed by atoms with van der Waals surface area (Å²) in [7, 11) is 0. The van der Waals surface area contributed by atoms with E-state index in [0.29, 0.717) is 41.8 Å². The lowest BCUT2D eigenvalue weighted by Gasteiger charge is -2.40. The van der Waals surface area contributed by atoms with E-state index >= 15 is 0 Å². The zero-order chi connectivity index (χ0) is 18.3. The number of nitrogens with zero attached hydrogens (tertiary/aromatic N) is 1. The van der Waals surface area contributed by atoms with E-state index in [4.69, 9.17) is 32.7 Å². The second-order valence-corrected chi connectivity index (χ2v) is 7.56. The molecule has 140 valence electrons. The number of carbonyl (C=O) groups excluding carboxylic acids is 1. The maximum Gasteiger partial charge on any atom is 0.220 e. The molecule has 0 saturated carbocycles. The minimum absolute atomic E-state index is 0.0344. The van der Waals surface area contributed by atoms with E-state index in [1.807, 2.05) is 0 Å². The van der Waals surface area contributed by atoms with Crippen molar-refractivity contribution < 1.29 is 14.3 Å². The van der Waals surface area contributed by atoms with Gasteiger partial charge in [0.2, 0.25) is 5.91 Å². The number of morpholine rings is 1. The van der Waals surface area contributed by atoms with Gasteiger partial charge in [-0.05, 0) is 38.5 Å². The number of carbonyl (C=O) groups is 1. The average molecular weight is 389 g/mol. The highest BCUT2D eigenvalue weighted by Crippen LogP contribution is 2.27. The molecule has 25 heavy (non-hydrogen) atoms. The Labute approximate surface area is 159 Å². The van der Waals surface area contributed by atoms with Gasteiger partial charge in [0, 0.05) is 36.6 Å². The van der Waals surface area contributed by atoms with Crippen LogP contribution >= 0.6 is 23.2 Å². The van der Waals surface area contributed by atoms with Crippen molar-refractivity contribution in [1.29, 1.82) is 0 Å². The summed E-state index contributed by atoms with van der Waals surface area (Å²) in [5.41, 5.74) is -0.0766. The zero-order valence-corrected chi connectivity index (χ0v) is 16.3. The molecule has 0 aliphatic carbocycles. The Bertz CT molecular complexity index is 575. The number of hydrogen-bond donors (Lipinski definition) is 1. The number of ether oxygens (including phenoxy) is 2. The predicted molar refractivity (Wildman–Crippen MR) is 101 cm³/mol. The molecule has 0 radical (unpaired) electrons. The van der Waals surface area contributed by atoms with Gasteiger partial charge < -0.3 is 14.8 Å². The summed E-state index contributed by atoms with van der Waals surface area (Å²) < 4.78 is 11.0. The van der Waals surface area contributed by atoms with Gasteiger partial charge >= 0.3 is 0 Å². The SMILES string of the molecule is CC(C)(CNC(=O)CCCOc1ccc(Cl)cc1Cl)N1CCOCC1. The van der Waals surface area contributed by atoms with E-state index in [1.165, 1.54) is 0 Å². The molecule has 1 aromatic carbocycles. The van der Waals surface area contributed by atoms with E-state index in [-0.39, 0.29) is 11.4 Å². The standard InChI is InChI=1S/C18H26Cl2N2O3/c1-18(2,22-7-10-24-11-8-22)13-21-17(23)4-3-9-25-16-6-5-14(19)12-15(16)20/h5-6,12H,3-4,7-11,13H2,1-2H3,(H,21,23). The number of amides is 1. The van der Waals surface area contributed by atoms with Crippen molar-refractivity contribution in [2.45, 2.75) is 32.2 Å². The van der Waals surface area contributed by atoms with Crippen LogP contribution in [0.3, 0.4) is 0 Å². The van der Waals surface area contributed by atoms with Crippen LogP contribution in [0.1, 0.15) is 26.7 Å². The van der Waals surface area contributed by atoms with Gasteiger partial charge in [0.1, 0.15) is 5.75 Å². The molecule has 1 fully saturated rings. The highest BCUT2D eigenvalue weighted by Gasteiger charge is 2.28. The van der Waals surface area contributed by atoms with Gasteiger partial charge in [0.15, 0.2) is 0 Å². The number of benzene rings is 1. The average Bonchev–Trinajstić information content (AvgIpc) is 2.59. The maximum atomic E-state index is 12.0. The van der Waals surface area contributed by atoms with Gasteiger partial charge in [-0.3, -0.25) is 9.69 Å². The molecule has 0 spiro atoms. The van der Waals surface area contributed by atoms with Crippen LogP contribution in [0.5, 0.6) is 5.75 Å². The van der Waals surface area contributed by atoms with Gasteiger partial charge in [-0.15, -0.1) is 0 Å². The lowest BCUT2D eigenvalue weighted by atomic mass is 10.0. The smallest absolute Gasteiger partial charge is 0.220 e. The summed E-state index contributed by atoms with van der Waals surface area (Å²) in [6, 6.07) is 5.09. The first-order valence-electron chi connectivity index (χ1n) is 8.56. The minimum atomic E-state index is -0.0766. The van der Waals surface area contributed by atoms with E-state index in [2.05, 4.69) is 24.1 Å². The van der Waals surface area contributed by atoms with Gasteiger partial charge in [-0.1, -0.05) is 23.2 Å². The number of rotatable bonds is 8. The lowest BCUT2D eigenvalue weighted by Crippen LogP contribution is -2.55. The summed E-state index contributed by atoms with van der Waals surface area (Å²) in [5.74, 6) is 0.618. The molecular weight excluding hydrogens is 363 g/mol. The largest absolute Gasteiger partial charge is 0.492 e. The maximum absolute atomic E-state index is 12.0. The molecule has 0 unspecified atom stereocenters. The molecule has 1 heterocycles. The lowest BCUT2D eigenvalue weighted by molar-refractivity contribution is -0.122. The Balaban J connectivity index is 1.65. The van der Waals surface area contributed by atoms with Gasteiger partial charge in [-0.2, -0.15) is 0 Å². The van der Waals surface area contributed by atoms with Gasteiger partial charge in [-0.25, -0.2) is 0 Å². The molecule has 0 atom stereocenters. The Hall–Kier alpha value is -1.01.